The summed E-state index contributed by atoms with van der Waals surface area (Å²) in [5.74, 6) is 1.90. The van der Waals surface area contributed by atoms with Crippen LogP contribution in [0.4, 0.5) is 5.82 Å². The van der Waals surface area contributed by atoms with Crippen molar-refractivity contribution in [2.75, 3.05) is 6.61 Å². The standard InChI is InChI=1S/C26H31N3O3/c1-18-22(27-2)29(16-19-8-9-19)23(28-18)26(32-17-20-10-11-20)14-12-25(13-15-26,24(30)31)21-6-4-3-5-7-21/h3-7,19-20H,8-17H2,1H3,(H,30,31)/t25-,26+. The predicted octanol–water partition coefficient (Wildman–Crippen LogP) is 5.37. The molecule has 0 saturated heterocycles. The van der Waals surface area contributed by atoms with Crippen LogP contribution in [0.25, 0.3) is 4.85 Å². The van der Waals surface area contributed by atoms with Crippen molar-refractivity contribution in [3.05, 3.63) is 58.8 Å². The Morgan fingerprint density at radius 1 is 1.16 bits per heavy atom. The molecule has 6 heteroatoms. The van der Waals surface area contributed by atoms with Crippen molar-refractivity contribution >= 4 is 11.8 Å². The summed E-state index contributed by atoms with van der Waals surface area (Å²) < 4.78 is 8.77. The van der Waals surface area contributed by atoms with Crippen LogP contribution in [-0.4, -0.2) is 27.2 Å². The zero-order valence-corrected chi connectivity index (χ0v) is 18.7. The maximum absolute atomic E-state index is 12.5. The topological polar surface area (TPSA) is 68.7 Å². The van der Waals surface area contributed by atoms with E-state index < -0.39 is 17.0 Å². The van der Waals surface area contributed by atoms with E-state index in [0.29, 0.717) is 49.9 Å². The number of carboxylic acid groups (broad SMARTS) is 1. The molecular weight excluding hydrogens is 402 g/mol. The highest BCUT2D eigenvalue weighted by Crippen LogP contribution is 2.51. The van der Waals surface area contributed by atoms with E-state index in [-0.39, 0.29) is 0 Å². The monoisotopic (exact) mass is 433 g/mol. The molecule has 6 nitrogen and oxygen atoms in total. The lowest BCUT2D eigenvalue weighted by atomic mass is 9.65. The van der Waals surface area contributed by atoms with Gasteiger partial charge in [-0.1, -0.05) is 36.9 Å². The molecule has 2 aromatic rings. The minimum Gasteiger partial charge on any atom is -0.481 e. The predicted molar refractivity (Wildman–Crippen MR) is 121 cm³/mol. The number of rotatable bonds is 8. The van der Waals surface area contributed by atoms with E-state index in [2.05, 4.69) is 9.41 Å². The van der Waals surface area contributed by atoms with E-state index in [1.54, 1.807) is 0 Å². The zero-order chi connectivity index (χ0) is 22.3. The highest BCUT2D eigenvalue weighted by Gasteiger charge is 2.53. The molecule has 5 rings (SSSR count). The molecule has 0 amide bonds. The van der Waals surface area contributed by atoms with E-state index >= 15 is 0 Å². The number of aryl methyl sites for hydroxylation is 1. The number of benzene rings is 1. The second kappa shape index (κ2) is 8.04. The van der Waals surface area contributed by atoms with Crippen LogP contribution in [0.3, 0.4) is 0 Å². The summed E-state index contributed by atoms with van der Waals surface area (Å²) in [4.78, 5) is 21.2. The van der Waals surface area contributed by atoms with Crippen molar-refractivity contribution < 1.29 is 14.6 Å². The minimum absolute atomic E-state index is 0.500. The number of ether oxygens (including phenoxy) is 1. The molecule has 0 aliphatic heterocycles. The first-order valence-corrected chi connectivity index (χ1v) is 11.9. The van der Waals surface area contributed by atoms with Gasteiger partial charge in [0.05, 0.1) is 24.3 Å². The van der Waals surface area contributed by atoms with Crippen LogP contribution in [0.1, 0.15) is 68.4 Å². The maximum Gasteiger partial charge on any atom is 0.314 e. The number of hydrogen-bond donors (Lipinski definition) is 1. The van der Waals surface area contributed by atoms with Crippen molar-refractivity contribution in [3.63, 3.8) is 0 Å². The summed E-state index contributed by atoms with van der Waals surface area (Å²) in [6, 6.07) is 9.62. The van der Waals surface area contributed by atoms with Crippen molar-refractivity contribution in [2.45, 2.75) is 75.9 Å². The maximum atomic E-state index is 12.5. The molecule has 1 aromatic carbocycles. The average Bonchev–Trinajstić information content (AvgIpc) is 3.73. The van der Waals surface area contributed by atoms with Gasteiger partial charge in [-0.05, 0) is 75.7 Å². The first-order chi connectivity index (χ1) is 15.5. The van der Waals surface area contributed by atoms with Gasteiger partial charge in [-0.3, -0.25) is 9.36 Å². The minimum atomic E-state index is -0.903. The van der Waals surface area contributed by atoms with Crippen molar-refractivity contribution in [3.8, 4) is 0 Å². The van der Waals surface area contributed by atoms with E-state index in [4.69, 9.17) is 16.3 Å². The number of carbonyl (C=O) groups is 1. The Labute approximate surface area is 189 Å². The molecule has 0 bridgehead atoms. The third-order valence-electron chi connectivity index (χ3n) is 7.70. The fraction of sp³-hybridized carbons (Fsp3) is 0.577. The summed E-state index contributed by atoms with van der Waals surface area (Å²) in [6.45, 7) is 11.1. The summed E-state index contributed by atoms with van der Waals surface area (Å²) in [6.07, 6.45) is 6.97. The summed E-state index contributed by atoms with van der Waals surface area (Å²) >= 11 is 0. The van der Waals surface area contributed by atoms with Crippen molar-refractivity contribution in [1.29, 1.82) is 0 Å². The van der Waals surface area contributed by atoms with Gasteiger partial charge >= 0.3 is 5.97 Å². The van der Waals surface area contributed by atoms with E-state index in [1.165, 1.54) is 25.7 Å². The Morgan fingerprint density at radius 3 is 2.38 bits per heavy atom. The first kappa shape index (κ1) is 21.2. The summed E-state index contributed by atoms with van der Waals surface area (Å²) in [5, 5.41) is 10.3. The van der Waals surface area contributed by atoms with Gasteiger partial charge in [-0.25, -0.2) is 4.98 Å². The quantitative estimate of drug-likeness (QED) is 0.568. The molecule has 1 heterocycles. The normalized spacial score (nSPS) is 27.8. The molecule has 0 atom stereocenters. The molecule has 0 spiro atoms. The lowest BCUT2D eigenvalue weighted by Crippen LogP contribution is -2.47. The van der Waals surface area contributed by atoms with Crippen LogP contribution in [0.2, 0.25) is 0 Å². The van der Waals surface area contributed by atoms with Gasteiger partial charge in [0.1, 0.15) is 5.60 Å². The second-order valence-corrected chi connectivity index (χ2v) is 10.0. The Bertz CT molecular complexity index is 1040. The van der Waals surface area contributed by atoms with Gasteiger partial charge in [0.25, 0.3) is 5.82 Å². The summed E-state index contributed by atoms with van der Waals surface area (Å²) in [5.41, 5.74) is 0.0869. The molecule has 0 radical (unpaired) electrons. The Morgan fingerprint density at radius 2 is 1.81 bits per heavy atom. The molecule has 168 valence electrons. The fourth-order valence-electron chi connectivity index (χ4n) is 5.24. The number of nitrogens with zero attached hydrogens (tertiary/aromatic N) is 3. The van der Waals surface area contributed by atoms with Gasteiger partial charge in [0, 0.05) is 0 Å². The molecule has 3 aliphatic rings. The summed E-state index contributed by atoms with van der Waals surface area (Å²) in [7, 11) is 0. The molecule has 3 fully saturated rings. The second-order valence-electron chi connectivity index (χ2n) is 10.0. The Hall–Kier alpha value is -2.65. The van der Waals surface area contributed by atoms with Crippen LogP contribution >= 0.6 is 0 Å². The van der Waals surface area contributed by atoms with Crippen LogP contribution in [0.5, 0.6) is 0 Å². The molecular formula is C26H31N3O3. The molecule has 3 aliphatic carbocycles. The Balaban J connectivity index is 1.52. The highest BCUT2D eigenvalue weighted by molar-refractivity contribution is 5.81. The SMILES string of the molecule is [C-]#[N+]c1c(C)nc([C@]2(OCC3CC3)CC[C@](C(=O)O)(c3ccccc3)CC2)n1CC1CC1. The first-order valence-electron chi connectivity index (χ1n) is 11.9. The lowest BCUT2D eigenvalue weighted by molar-refractivity contribution is -0.151. The fourth-order valence-corrected chi connectivity index (χ4v) is 5.24. The smallest absolute Gasteiger partial charge is 0.314 e. The van der Waals surface area contributed by atoms with Crippen LogP contribution in [0.15, 0.2) is 30.3 Å². The van der Waals surface area contributed by atoms with Crippen LogP contribution in [-0.2, 0) is 27.1 Å². The Kier molecular flexibility index (Phi) is 5.33. The van der Waals surface area contributed by atoms with Gasteiger partial charge in [0.2, 0.25) is 5.82 Å². The van der Waals surface area contributed by atoms with Crippen molar-refractivity contribution in [1.82, 2.24) is 9.55 Å². The number of carboxylic acids is 1. The van der Waals surface area contributed by atoms with Gasteiger partial charge < -0.3 is 14.7 Å². The largest absolute Gasteiger partial charge is 0.481 e. The average molecular weight is 434 g/mol. The molecule has 32 heavy (non-hydrogen) atoms. The third kappa shape index (κ3) is 3.73. The van der Waals surface area contributed by atoms with Gasteiger partial charge in [0.15, 0.2) is 0 Å². The molecule has 1 N–H and O–H groups in total. The van der Waals surface area contributed by atoms with Crippen molar-refractivity contribution in [2.24, 2.45) is 11.8 Å². The van der Waals surface area contributed by atoms with Crippen LogP contribution in [0, 0.1) is 25.3 Å². The van der Waals surface area contributed by atoms with Gasteiger partial charge in [-0.15, -0.1) is 0 Å². The van der Waals surface area contributed by atoms with E-state index in [0.717, 1.165) is 23.6 Å². The molecule has 3 saturated carbocycles. The van der Waals surface area contributed by atoms with E-state index in [9.17, 15) is 9.90 Å². The lowest BCUT2D eigenvalue weighted by Gasteiger charge is -2.43. The number of imidazole rings is 1. The van der Waals surface area contributed by atoms with Gasteiger partial charge in [-0.2, -0.15) is 0 Å². The third-order valence-corrected chi connectivity index (χ3v) is 7.70. The highest BCUT2D eigenvalue weighted by atomic mass is 16.5. The van der Waals surface area contributed by atoms with Crippen LogP contribution < -0.4 is 0 Å². The number of hydrogen-bond acceptors (Lipinski definition) is 3. The molecule has 0 unspecified atom stereocenters. The zero-order valence-electron chi connectivity index (χ0n) is 18.7. The van der Waals surface area contributed by atoms with E-state index in [1.807, 2.05) is 37.3 Å². The number of aromatic nitrogens is 2. The molecule has 1 aromatic heterocycles. The number of aliphatic carboxylic acids is 1.